The molecule has 1 aromatic heterocycles. The molecule has 5 nitrogen and oxygen atoms in total. The Bertz CT molecular complexity index is 936. The fourth-order valence-electron chi connectivity index (χ4n) is 2.46. The lowest BCUT2D eigenvalue weighted by Gasteiger charge is -2.11. The van der Waals surface area contributed by atoms with Crippen LogP contribution in [0.4, 0.5) is 11.4 Å². The number of benzene rings is 2. The number of anilines is 2. The number of hydrogen-bond acceptors (Lipinski definition) is 4. The van der Waals surface area contributed by atoms with E-state index < -0.39 is 0 Å². The first-order valence-electron chi connectivity index (χ1n) is 8.54. The van der Waals surface area contributed by atoms with Gasteiger partial charge in [0.1, 0.15) is 5.75 Å². The SMILES string of the molecule is CC(C)Oc1cccc(C(=O)Nc2cccc(NC(=O)c3cccs3)c2)c1. The first-order valence-corrected chi connectivity index (χ1v) is 9.42. The summed E-state index contributed by atoms with van der Waals surface area (Å²) < 4.78 is 5.63. The molecule has 0 unspecified atom stereocenters. The number of amides is 2. The minimum Gasteiger partial charge on any atom is -0.491 e. The van der Waals surface area contributed by atoms with Gasteiger partial charge in [0.25, 0.3) is 11.8 Å². The minimum absolute atomic E-state index is 0.0342. The second kappa shape index (κ2) is 8.51. The van der Waals surface area contributed by atoms with E-state index >= 15 is 0 Å². The molecule has 3 aromatic rings. The largest absolute Gasteiger partial charge is 0.491 e. The number of rotatable bonds is 6. The normalized spacial score (nSPS) is 10.5. The second-order valence-electron chi connectivity index (χ2n) is 6.16. The van der Waals surface area contributed by atoms with Gasteiger partial charge in [-0.2, -0.15) is 0 Å². The number of nitrogens with one attached hydrogen (secondary N) is 2. The van der Waals surface area contributed by atoms with E-state index in [2.05, 4.69) is 10.6 Å². The van der Waals surface area contributed by atoms with Crippen molar-refractivity contribution < 1.29 is 14.3 Å². The minimum atomic E-state index is -0.245. The van der Waals surface area contributed by atoms with Crippen molar-refractivity contribution in [2.75, 3.05) is 10.6 Å². The Labute approximate surface area is 162 Å². The molecule has 0 atom stereocenters. The molecule has 0 aliphatic rings. The summed E-state index contributed by atoms with van der Waals surface area (Å²) in [6.45, 7) is 3.87. The second-order valence-corrected chi connectivity index (χ2v) is 7.11. The van der Waals surface area contributed by atoms with Gasteiger partial charge in [-0.05, 0) is 61.7 Å². The lowest BCUT2D eigenvalue weighted by atomic mass is 10.2. The van der Waals surface area contributed by atoms with Gasteiger partial charge in [0, 0.05) is 16.9 Å². The summed E-state index contributed by atoms with van der Waals surface area (Å²) >= 11 is 1.37. The molecule has 6 heteroatoms. The highest BCUT2D eigenvalue weighted by Crippen LogP contribution is 2.20. The summed E-state index contributed by atoms with van der Waals surface area (Å²) in [5.41, 5.74) is 1.71. The molecule has 0 fully saturated rings. The summed E-state index contributed by atoms with van der Waals surface area (Å²) in [6, 6.07) is 17.7. The van der Waals surface area contributed by atoms with Crippen molar-refractivity contribution in [3.63, 3.8) is 0 Å². The van der Waals surface area contributed by atoms with Gasteiger partial charge in [0.15, 0.2) is 0 Å². The molecule has 0 saturated heterocycles. The summed E-state index contributed by atoms with van der Waals surface area (Å²) in [4.78, 5) is 25.3. The number of ether oxygens (including phenoxy) is 1. The zero-order valence-corrected chi connectivity index (χ0v) is 15.9. The molecule has 2 N–H and O–H groups in total. The van der Waals surface area contributed by atoms with Crippen LogP contribution in [0.5, 0.6) is 5.75 Å². The predicted octanol–water partition coefficient (Wildman–Crippen LogP) is 5.04. The molecular formula is C21H20N2O3S. The third kappa shape index (κ3) is 5.18. The van der Waals surface area contributed by atoms with Gasteiger partial charge in [-0.15, -0.1) is 11.3 Å². The van der Waals surface area contributed by atoms with Crippen LogP contribution in [0.3, 0.4) is 0 Å². The van der Waals surface area contributed by atoms with Crippen molar-refractivity contribution in [1.82, 2.24) is 0 Å². The van der Waals surface area contributed by atoms with Gasteiger partial charge >= 0.3 is 0 Å². The first-order chi connectivity index (χ1) is 13.0. The van der Waals surface area contributed by atoms with Gasteiger partial charge in [-0.25, -0.2) is 0 Å². The Morgan fingerprint density at radius 1 is 0.889 bits per heavy atom. The third-order valence-corrected chi connectivity index (χ3v) is 4.46. The zero-order valence-electron chi connectivity index (χ0n) is 15.1. The summed E-state index contributed by atoms with van der Waals surface area (Å²) in [6.07, 6.45) is 0.0342. The van der Waals surface area contributed by atoms with Gasteiger partial charge in [0.2, 0.25) is 0 Å². The highest BCUT2D eigenvalue weighted by atomic mass is 32.1. The molecule has 3 rings (SSSR count). The topological polar surface area (TPSA) is 67.4 Å². The van der Waals surface area contributed by atoms with E-state index in [1.807, 2.05) is 31.4 Å². The van der Waals surface area contributed by atoms with E-state index in [1.165, 1.54) is 11.3 Å². The molecule has 0 bridgehead atoms. The Morgan fingerprint density at radius 3 is 2.26 bits per heavy atom. The first kappa shape index (κ1) is 18.7. The molecule has 2 amide bonds. The highest BCUT2D eigenvalue weighted by Gasteiger charge is 2.10. The molecule has 0 saturated carbocycles. The molecule has 0 spiro atoms. The van der Waals surface area contributed by atoms with E-state index in [0.717, 1.165) is 0 Å². The van der Waals surface area contributed by atoms with Crippen molar-refractivity contribution in [2.24, 2.45) is 0 Å². The lowest BCUT2D eigenvalue weighted by molar-refractivity contribution is 0.102. The molecule has 0 aliphatic carbocycles. The highest BCUT2D eigenvalue weighted by molar-refractivity contribution is 7.12. The van der Waals surface area contributed by atoms with E-state index in [4.69, 9.17) is 4.74 Å². The fourth-order valence-corrected chi connectivity index (χ4v) is 3.08. The van der Waals surface area contributed by atoms with Gasteiger partial charge in [-0.3, -0.25) is 9.59 Å². The van der Waals surface area contributed by atoms with Crippen LogP contribution < -0.4 is 15.4 Å². The van der Waals surface area contributed by atoms with Gasteiger partial charge in [-0.1, -0.05) is 18.2 Å². The average molecular weight is 380 g/mol. The molecule has 0 aliphatic heterocycles. The van der Waals surface area contributed by atoms with E-state index in [1.54, 1.807) is 48.5 Å². The smallest absolute Gasteiger partial charge is 0.265 e. The molecule has 27 heavy (non-hydrogen) atoms. The Hall–Kier alpha value is -3.12. The standard InChI is InChI=1S/C21H20N2O3S/c1-14(2)26-18-9-3-6-15(12-18)20(24)22-16-7-4-8-17(13-16)23-21(25)19-10-5-11-27-19/h3-14H,1-2H3,(H,22,24)(H,23,25). The zero-order chi connectivity index (χ0) is 19.2. The maximum absolute atomic E-state index is 12.5. The molecule has 1 heterocycles. The Kier molecular flexibility index (Phi) is 5.88. The summed E-state index contributed by atoms with van der Waals surface area (Å²) in [5.74, 6) is 0.229. The van der Waals surface area contributed by atoms with Gasteiger partial charge < -0.3 is 15.4 Å². The monoisotopic (exact) mass is 380 g/mol. The van der Waals surface area contributed by atoms with Crippen LogP contribution in [0.2, 0.25) is 0 Å². The average Bonchev–Trinajstić information content (AvgIpc) is 3.16. The summed E-state index contributed by atoms with van der Waals surface area (Å²) in [5, 5.41) is 7.52. The van der Waals surface area contributed by atoms with Crippen molar-refractivity contribution in [2.45, 2.75) is 20.0 Å². The number of carbonyl (C=O) groups excluding carboxylic acids is 2. The Morgan fingerprint density at radius 2 is 1.59 bits per heavy atom. The maximum atomic E-state index is 12.5. The summed E-state index contributed by atoms with van der Waals surface area (Å²) in [7, 11) is 0. The number of carbonyl (C=O) groups is 2. The van der Waals surface area contributed by atoms with Crippen LogP contribution in [0.15, 0.2) is 66.0 Å². The van der Waals surface area contributed by atoms with Crippen LogP contribution in [0.25, 0.3) is 0 Å². The van der Waals surface area contributed by atoms with Crippen LogP contribution in [0, 0.1) is 0 Å². The van der Waals surface area contributed by atoms with E-state index in [0.29, 0.717) is 27.6 Å². The van der Waals surface area contributed by atoms with E-state index in [9.17, 15) is 9.59 Å². The number of thiophene rings is 1. The van der Waals surface area contributed by atoms with Crippen LogP contribution in [-0.4, -0.2) is 17.9 Å². The predicted molar refractivity (Wildman–Crippen MR) is 109 cm³/mol. The molecular weight excluding hydrogens is 360 g/mol. The van der Waals surface area contributed by atoms with Gasteiger partial charge in [0.05, 0.1) is 11.0 Å². The lowest BCUT2D eigenvalue weighted by Crippen LogP contribution is -2.14. The molecule has 0 radical (unpaired) electrons. The number of hydrogen-bond donors (Lipinski definition) is 2. The maximum Gasteiger partial charge on any atom is 0.265 e. The third-order valence-electron chi connectivity index (χ3n) is 3.59. The van der Waals surface area contributed by atoms with Crippen LogP contribution >= 0.6 is 11.3 Å². The van der Waals surface area contributed by atoms with Crippen molar-refractivity contribution in [3.8, 4) is 5.75 Å². The molecule has 138 valence electrons. The molecule has 2 aromatic carbocycles. The van der Waals surface area contributed by atoms with Crippen LogP contribution in [-0.2, 0) is 0 Å². The van der Waals surface area contributed by atoms with Crippen LogP contribution in [0.1, 0.15) is 33.9 Å². The fraction of sp³-hybridized carbons (Fsp3) is 0.143. The Balaban J connectivity index is 1.69. The van der Waals surface area contributed by atoms with Crippen molar-refractivity contribution in [3.05, 3.63) is 76.5 Å². The van der Waals surface area contributed by atoms with Crippen molar-refractivity contribution in [1.29, 1.82) is 0 Å². The van der Waals surface area contributed by atoms with Crippen molar-refractivity contribution >= 4 is 34.5 Å². The quantitative estimate of drug-likeness (QED) is 0.629. The van der Waals surface area contributed by atoms with E-state index in [-0.39, 0.29) is 17.9 Å².